The fourth-order valence-electron chi connectivity index (χ4n) is 2.93. The van der Waals surface area contributed by atoms with Crippen molar-refractivity contribution in [2.45, 2.75) is 20.5 Å². The summed E-state index contributed by atoms with van der Waals surface area (Å²) in [6.07, 6.45) is 0. The van der Waals surface area contributed by atoms with Gasteiger partial charge in [0, 0.05) is 11.3 Å². The molecular weight excluding hydrogens is 383 g/mol. The largest absolute Gasteiger partial charge is 0.489 e. The Hall–Kier alpha value is -3.67. The molecule has 0 aliphatic rings. The van der Waals surface area contributed by atoms with Gasteiger partial charge in [-0.3, -0.25) is 9.59 Å². The Labute approximate surface area is 174 Å². The van der Waals surface area contributed by atoms with Crippen molar-refractivity contribution in [2.24, 2.45) is 0 Å². The Bertz CT molecular complexity index is 1030. The zero-order valence-corrected chi connectivity index (χ0v) is 16.9. The van der Waals surface area contributed by atoms with E-state index in [4.69, 9.17) is 4.74 Å². The van der Waals surface area contributed by atoms with Crippen LogP contribution in [0.5, 0.6) is 5.75 Å². The van der Waals surface area contributed by atoms with Crippen molar-refractivity contribution in [3.05, 3.63) is 94.8 Å². The first-order chi connectivity index (χ1) is 14.4. The number of benzene rings is 3. The molecule has 0 aliphatic heterocycles. The number of carbonyl (C=O) groups is 2. The second-order valence-corrected chi connectivity index (χ2v) is 6.94. The van der Waals surface area contributed by atoms with E-state index in [0.717, 1.165) is 22.4 Å². The quantitative estimate of drug-likeness (QED) is 0.612. The van der Waals surface area contributed by atoms with Crippen molar-refractivity contribution in [3.63, 3.8) is 0 Å². The maximum absolute atomic E-state index is 13.0. The molecule has 3 rings (SSSR count). The lowest BCUT2D eigenvalue weighted by molar-refractivity contribution is -0.115. The van der Waals surface area contributed by atoms with Crippen LogP contribution < -0.4 is 15.4 Å². The predicted molar refractivity (Wildman–Crippen MR) is 114 cm³/mol. The lowest BCUT2D eigenvalue weighted by atomic mass is 10.1. The van der Waals surface area contributed by atoms with Gasteiger partial charge in [0.1, 0.15) is 18.2 Å². The standard InChI is InChI=1S/C24H23FN2O3/c1-16-5-3-6-17(2)23(16)27-22(28)14-26-24(29)19-7-4-8-21(13-19)30-15-18-9-11-20(25)12-10-18/h3-13H,14-15H2,1-2H3,(H,26,29)(H,27,28). The van der Waals surface area contributed by atoms with Gasteiger partial charge in [0.25, 0.3) is 5.91 Å². The monoisotopic (exact) mass is 406 g/mol. The van der Waals surface area contributed by atoms with Gasteiger partial charge in [0.15, 0.2) is 0 Å². The highest BCUT2D eigenvalue weighted by atomic mass is 19.1. The molecule has 0 heterocycles. The van der Waals surface area contributed by atoms with Crippen LogP contribution in [0.25, 0.3) is 0 Å². The third kappa shape index (κ3) is 5.67. The molecule has 0 unspecified atom stereocenters. The highest BCUT2D eigenvalue weighted by molar-refractivity contribution is 6.00. The van der Waals surface area contributed by atoms with E-state index in [9.17, 15) is 14.0 Å². The summed E-state index contributed by atoms with van der Waals surface area (Å²) in [6.45, 7) is 3.94. The van der Waals surface area contributed by atoms with Gasteiger partial charge in [0.05, 0.1) is 6.54 Å². The fourth-order valence-corrected chi connectivity index (χ4v) is 2.93. The Morgan fingerprint density at radius 2 is 1.60 bits per heavy atom. The zero-order chi connectivity index (χ0) is 21.5. The van der Waals surface area contributed by atoms with E-state index >= 15 is 0 Å². The van der Waals surface area contributed by atoms with E-state index in [1.165, 1.54) is 12.1 Å². The van der Waals surface area contributed by atoms with Crippen LogP contribution >= 0.6 is 0 Å². The van der Waals surface area contributed by atoms with E-state index in [1.807, 2.05) is 32.0 Å². The molecule has 0 fully saturated rings. The molecule has 30 heavy (non-hydrogen) atoms. The molecule has 0 aliphatic carbocycles. The summed E-state index contributed by atoms with van der Waals surface area (Å²) in [4.78, 5) is 24.6. The molecule has 0 atom stereocenters. The molecule has 2 amide bonds. The normalized spacial score (nSPS) is 10.4. The minimum absolute atomic E-state index is 0.146. The summed E-state index contributed by atoms with van der Waals surface area (Å²) in [5.74, 6) is -0.477. The number of halogens is 1. The Morgan fingerprint density at radius 1 is 0.933 bits per heavy atom. The van der Waals surface area contributed by atoms with Gasteiger partial charge in [-0.05, 0) is 60.9 Å². The summed E-state index contributed by atoms with van der Waals surface area (Å²) in [7, 11) is 0. The number of carbonyl (C=O) groups excluding carboxylic acids is 2. The van der Waals surface area contributed by atoms with Crippen LogP contribution in [0.4, 0.5) is 10.1 Å². The van der Waals surface area contributed by atoms with Crippen molar-refractivity contribution in [3.8, 4) is 5.75 Å². The van der Waals surface area contributed by atoms with Crippen molar-refractivity contribution in [2.75, 3.05) is 11.9 Å². The SMILES string of the molecule is Cc1cccc(C)c1NC(=O)CNC(=O)c1cccc(OCc2ccc(F)cc2)c1. The second-order valence-electron chi connectivity index (χ2n) is 6.94. The molecule has 0 spiro atoms. The Morgan fingerprint density at radius 3 is 2.30 bits per heavy atom. The van der Waals surface area contributed by atoms with E-state index in [2.05, 4.69) is 10.6 Å². The molecule has 6 heteroatoms. The van der Waals surface area contributed by atoms with Gasteiger partial charge >= 0.3 is 0 Å². The van der Waals surface area contributed by atoms with Gasteiger partial charge in [-0.15, -0.1) is 0 Å². The number of hydrogen-bond donors (Lipinski definition) is 2. The summed E-state index contributed by atoms with van der Waals surface area (Å²) in [5, 5.41) is 5.45. The number of nitrogens with one attached hydrogen (secondary N) is 2. The molecule has 0 radical (unpaired) electrons. The number of amides is 2. The van der Waals surface area contributed by atoms with Crippen LogP contribution in [0.1, 0.15) is 27.0 Å². The van der Waals surface area contributed by atoms with Gasteiger partial charge < -0.3 is 15.4 Å². The molecule has 0 bridgehead atoms. The fraction of sp³-hybridized carbons (Fsp3) is 0.167. The maximum Gasteiger partial charge on any atom is 0.251 e. The summed E-state index contributed by atoms with van der Waals surface area (Å²) >= 11 is 0. The molecule has 0 saturated carbocycles. The lowest BCUT2D eigenvalue weighted by Crippen LogP contribution is -2.33. The topological polar surface area (TPSA) is 67.4 Å². The van der Waals surface area contributed by atoms with Crippen molar-refractivity contribution < 1.29 is 18.7 Å². The molecule has 154 valence electrons. The number of ether oxygens (including phenoxy) is 1. The maximum atomic E-state index is 13.0. The van der Waals surface area contributed by atoms with Gasteiger partial charge in [-0.25, -0.2) is 4.39 Å². The van der Waals surface area contributed by atoms with Crippen LogP contribution in [-0.2, 0) is 11.4 Å². The number of para-hydroxylation sites is 1. The number of aryl methyl sites for hydroxylation is 2. The lowest BCUT2D eigenvalue weighted by Gasteiger charge is -2.12. The van der Waals surface area contributed by atoms with E-state index in [0.29, 0.717) is 11.3 Å². The Kier molecular flexibility index (Phi) is 6.80. The summed E-state index contributed by atoms with van der Waals surface area (Å²) < 4.78 is 18.6. The van der Waals surface area contributed by atoms with E-state index in [-0.39, 0.29) is 30.8 Å². The van der Waals surface area contributed by atoms with Crippen molar-refractivity contribution >= 4 is 17.5 Å². The molecule has 0 aromatic heterocycles. The van der Waals surface area contributed by atoms with Gasteiger partial charge in [-0.1, -0.05) is 36.4 Å². The third-order valence-electron chi connectivity index (χ3n) is 4.57. The number of hydrogen-bond acceptors (Lipinski definition) is 3. The van der Waals surface area contributed by atoms with E-state index < -0.39 is 0 Å². The smallest absolute Gasteiger partial charge is 0.251 e. The van der Waals surface area contributed by atoms with Crippen LogP contribution in [-0.4, -0.2) is 18.4 Å². The highest BCUT2D eigenvalue weighted by Crippen LogP contribution is 2.19. The summed E-state index contributed by atoms with van der Waals surface area (Å²) in [6, 6.07) is 18.4. The van der Waals surface area contributed by atoms with Crippen LogP contribution in [0.3, 0.4) is 0 Å². The predicted octanol–water partition coefficient (Wildman–Crippen LogP) is 4.39. The Balaban J connectivity index is 1.54. The van der Waals surface area contributed by atoms with Gasteiger partial charge in [0.2, 0.25) is 5.91 Å². The summed E-state index contributed by atoms with van der Waals surface area (Å²) in [5.41, 5.74) is 3.87. The average molecular weight is 406 g/mol. The minimum Gasteiger partial charge on any atom is -0.489 e. The molecule has 5 nitrogen and oxygen atoms in total. The second kappa shape index (κ2) is 9.69. The first-order valence-electron chi connectivity index (χ1n) is 9.54. The molecule has 2 N–H and O–H groups in total. The first-order valence-corrected chi connectivity index (χ1v) is 9.54. The van der Waals surface area contributed by atoms with E-state index in [1.54, 1.807) is 36.4 Å². The average Bonchev–Trinajstić information content (AvgIpc) is 2.74. The molecule has 3 aromatic carbocycles. The molecule has 3 aromatic rings. The van der Waals surface area contributed by atoms with Gasteiger partial charge in [-0.2, -0.15) is 0 Å². The first kappa shape index (κ1) is 21.0. The third-order valence-corrected chi connectivity index (χ3v) is 4.57. The molecular formula is C24H23FN2O3. The van der Waals surface area contributed by atoms with Crippen LogP contribution in [0.2, 0.25) is 0 Å². The van der Waals surface area contributed by atoms with Crippen LogP contribution in [0, 0.1) is 19.7 Å². The number of rotatable bonds is 7. The minimum atomic E-state index is -0.376. The van der Waals surface area contributed by atoms with Crippen molar-refractivity contribution in [1.82, 2.24) is 5.32 Å². The van der Waals surface area contributed by atoms with Crippen LogP contribution in [0.15, 0.2) is 66.7 Å². The number of anilines is 1. The van der Waals surface area contributed by atoms with Crippen molar-refractivity contribution in [1.29, 1.82) is 0 Å². The zero-order valence-electron chi connectivity index (χ0n) is 16.9. The highest BCUT2D eigenvalue weighted by Gasteiger charge is 2.11. The molecule has 0 saturated heterocycles.